The van der Waals surface area contributed by atoms with E-state index in [4.69, 9.17) is 10.5 Å². The van der Waals surface area contributed by atoms with E-state index in [-0.39, 0.29) is 31.3 Å². The molecule has 1 aromatic rings. The van der Waals surface area contributed by atoms with Crippen LogP contribution in [0, 0.1) is 28.1 Å². The zero-order valence-corrected chi connectivity index (χ0v) is 20.0. The normalized spacial score (nSPS) is 12.9. The Labute approximate surface area is 195 Å². The third-order valence-corrected chi connectivity index (χ3v) is 4.72. The first kappa shape index (κ1) is 27.4. The minimum absolute atomic E-state index is 0.0484. The predicted octanol–water partition coefficient (Wildman–Crippen LogP) is 2.46. The first-order valence-electron chi connectivity index (χ1n) is 10.8. The number of rotatable bonds is 10. The molecule has 178 valence electrons. The Morgan fingerprint density at radius 1 is 0.909 bits per heavy atom. The zero-order chi connectivity index (χ0) is 25.1. The van der Waals surface area contributed by atoms with E-state index in [1.54, 1.807) is 36.4 Å². The highest BCUT2D eigenvalue weighted by molar-refractivity contribution is 5.93. The third-order valence-electron chi connectivity index (χ3n) is 4.72. The monoisotopic (exact) mass is 454 g/mol. The van der Waals surface area contributed by atoms with Crippen molar-refractivity contribution in [3.63, 3.8) is 0 Å². The third kappa shape index (κ3) is 9.20. The summed E-state index contributed by atoms with van der Waals surface area (Å²) in [6, 6.07) is 11.7. The second-order valence-electron chi connectivity index (χ2n) is 9.75. The lowest BCUT2D eigenvalue weighted by Gasteiger charge is -2.37. The van der Waals surface area contributed by atoms with Gasteiger partial charge in [-0.05, 0) is 31.2 Å². The van der Waals surface area contributed by atoms with Crippen molar-refractivity contribution in [3.05, 3.63) is 35.9 Å². The molecule has 0 heterocycles. The second kappa shape index (κ2) is 11.9. The molecule has 0 aromatic heterocycles. The average molecular weight is 455 g/mol. The van der Waals surface area contributed by atoms with Crippen molar-refractivity contribution in [2.24, 2.45) is 5.41 Å². The highest BCUT2D eigenvalue weighted by atomic mass is 16.2. The summed E-state index contributed by atoms with van der Waals surface area (Å²) in [5.41, 5.74) is -1.84. The Balaban J connectivity index is 3.33. The van der Waals surface area contributed by atoms with Gasteiger partial charge in [0.05, 0.1) is 25.1 Å². The van der Waals surface area contributed by atoms with Crippen LogP contribution in [0.3, 0.4) is 0 Å². The van der Waals surface area contributed by atoms with Crippen LogP contribution in [0.25, 0.3) is 0 Å². The number of amides is 4. The van der Waals surface area contributed by atoms with Crippen LogP contribution in [-0.2, 0) is 15.1 Å². The van der Waals surface area contributed by atoms with E-state index < -0.39 is 28.9 Å². The van der Waals surface area contributed by atoms with Crippen LogP contribution >= 0.6 is 0 Å². The molecule has 0 saturated heterocycles. The van der Waals surface area contributed by atoms with Crippen LogP contribution in [0.15, 0.2) is 30.3 Å². The molecule has 0 aliphatic rings. The fraction of sp³-hybridized carbons (Fsp3) is 0.542. The molecule has 4 amide bonds. The van der Waals surface area contributed by atoms with Gasteiger partial charge >= 0.3 is 6.03 Å². The maximum Gasteiger partial charge on any atom is 0.316 e. The molecule has 0 aliphatic carbocycles. The number of nitrogens with zero attached hydrogens (tertiary/aromatic N) is 2. The molecule has 4 N–H and O–H groups in total. The van der Waals surface area contributed by atoms with Gasteiger partial charge in [0.15, 0.2) is 5.54 Å². The van der Waals surface area contributed by atoms with Gasteiger partial charge in [0.1, 0.15) is 6.42 Å². The van der Waals surface area contributed by atoms with E-state index >= 15 is 0 Å². The van der Waals surface area contributed by atoms with Gasteiger partial charge in [-0.1, -0.05) is 51.1 Å². The van der Waals surface area contributed by atoms with Crippen molar-refractivity contribution in [2.75, 3.05) is 13.1 Å². The first-order valence-corrected chi connectivity index (χ1v) is 10.8. The summed E-state index contributed by atoms with van der Waals surface area (Å²) in [6.07, 6.45) is 0.382. The van der Waals surface area contributed by atoms with E-state index in [0.717, 1.165) is 0 Å². The highest BCUT2D eigenvalue weighted by Crippen LogP contribution is 2.27. The summed E-state index contributed by atoms with van der Waals surface area (Å²) in [5, 5.41) is 28.6. The topological polar surface area (TPSA) is 147 Å². The molecule has 0 bridgehead atoms. The summed E-state index contributed by atoms with van der Waals surface area (Å²) < 4.78 is 0. The molecule has 0 saturated carbocycles. The van der Waals surface area contributed by atoms with Crippen molar-refractivity contribution in [2.45, 2.75) is 65.0 Å². The van der Waals surface area contributed by atoms with Gasteiger partial charge < -0.3 is 21.3 Å². The molecule has 0 aliphatic heterocycles. The molecular formula is C24H34N6O3. The number of hydrogen-bond acceptors (Lipinski definition) is 5. The molecule has 1 unspecified atom stereocenters. The number of benzene rings is 1. The number of carbonyl (C=O) groups is 3. The average Bonchev–Trinajstić information content (AvgIpc) is 2.69. The smallest absolute Gasteiger partial charge is 0.316 e. The molecule has 1 atom stereocenters. The Bertz CT molecular complexity index is 909. The van der Waals surface area contributed by atoms with Crippen LogP contribution < -0.4 is 21.3 Å². The minimum Gasteiger partial charge on any atom is -0.353 e. The second-order valence-corrected chi connectivity index (χ2v) is 9.75. The highest BCUT2D eigenvalue weighted by Gasteiger charge is 2.43. The molecular weight excluding hydrogens is 420 g/mol. The molecule has 9 heteroatoms. The number of urea groups is 1. The zero-order valence-electron chi connectivity index (χ0n) is 20.0. The van der Waals surface area contributed by atoms with Crippen molar-refractivity contribution < 1.29 is 14.4 Å². The van der Waals surface area contributed by atoms with Crippen LogP contribution in [0.1, 0.15) is 59.4 Å². The van der Waals surface area contributed by atoms with Gasteiger partial charge in [-0.2, -0.15) is 10.5 Å². The van der Waals surface area contributed by atoms with Gasteiger partial charge in [0.25, 0.3) is 5.91 Å². The van der Waals surface area contributed by atoms with Gasteiger partial charge in [-0.3, -0.25) is 9.59 Å². The van der Waals surface area contributed by atoms with Crippen molar-refractivity contribution in [3.8, 4) is 12.1 Å². The van der Waals surface area contributed by atoms with Gasteiger partial charge in [-0.25, -0.2) is 4.79 Å². The lowest BCUT2D eigenvalue weighted by molar-refractivity contribution is -0.128. The standard InChI is InChI=1S/C24H34N6O3/c1-22(2,3)16-23(4,5)29-21(33)30-24(17-28-19(31)12-14-26,18-10-7-6-8-11-18)20(32)27-15-9-13-25/h6-8,10-11H,9,12,15-17H2,1-5H3,(H,27,32)(H,28,31)(H2,29,30,33). The summed E-state index contributed by atoms with van der Waals surface area (Å²) in [4.78, 5) is 38.5. The van der Waals surface area contributed by atoms with Crippen molar-refractivity contribution in [1.82, 2.24) is 21.3 Å². The summed E-state index contributed by atoms with van der Waals surface area (Å²) in [6.45, 7) is 9.78. The number of nitriles is 2. The Kier molecular flexibility index (Phi) is 9.87. The summed E-state index contributed by atoms with van der Waals surface area (Å²) in [5.74, 6) is -1.15. The maximum atomic E-state index is 13.4. The summed E-state index contributed by atoms with van der Waals surface area (Å²) in [7, 11) is 0. The first-order chi connectivity index (χ1) is 15.3. The van der Waals surface area contributed by atoms with E-state index in [0.29, 0.717) is 12.0 Å². The molecule has 1 rings (SSSR count). The van der Waals surface area contributed by atoms with E-state index in [1.165, 1.54) is 0 Å². The van der Waals surface area contributed by atoms with Crippen LogP contribution in [0.2, 0.25) is 0 Å². The Hall–Kier alpha value is -3.59. The van der Waals surface area contributed by atoms with E-state index in [2.05, 4.69) is 42.0 Å². The lowest BCUT2D eigenvalue weighted by Crippen LogP contribution is -2.64. The molecule has 0 radical (unpaired) electrons. The largest absolute Gasteiger partial charge is 0.353 e. The molecule has 1 aromatic carbocycles. The molecule has 0 spiro atoms. The maximum absolute atomic E-state index is 13.4. The van der Waals surface area contributed by atoms with Crippen LogP contribution in [0.4, 0.5) is 4.79 Å². The van der Waals surface area contributed by atoms with E-state index in [1.807, 2.05) is 19.9 Å². The van der Waals surface area contributed by atoms with E-state index in [9.17, 15) is 14.4 Å². The van der Waals surface area contributed by atoms with Crippen molar-refractivity contribution in [1.29, 1.82) is 10.5 Å². The Morgan fingerprint density at radius 3 is 2.09 bits per heavy atom. The van der Waals surface area contributed by atoms with Crippen molar-refractivity contribution >= 4 is 17.8 Å². The number of hydrogen-bond donors (Lipinski definition) is 4. The van der Waals surface area contributed by atoms with Crippen LogP contribution in [-0.4, -0.2) is 36.5 Å². The fourth-order valence-corrected chi connectivity index (χ4v) is 3.86. The molecule has 0 fully saturated rings. The summed E-state index contributed by atoms with van der Waals surface area (Å²) >= 11 is 0. The number of carbonyl (C=O) groups excluding carboxylic acids is 3. The Morgan fingerprint density at radius 2 is 1.55 bits per heavy atom. The lowest BCUT2D eigenvalue weighted by atomic mass is 9.82. The quantitative estimate of drug-likeness (QED) is 0.401. The predicted molar refractivity (Wildman–Crippen MR) is 124 cm³/mol. The SMILES string of the molecule is CC(C)(C)CC(C)(C)NC(=O)NC(CNC(=O)CC#N)(C(=O)NCCC#N)c1ccccc1. The van der Waals surface area contributed by atoms with Gasteiger partial charge in [-0.15, -0.1) is 0 Å². The van der Waals surface area contributed by atoms with Crippen LogP contribution in [0.5, 0.6) is 0 Å². The van der Waals surface area contributed by atoms with Gasteiger partial charge in [0.2, 0.25) is 5.91 Å². The van der Waals surface area contributed by atoms with Gasteiger partial charge in [0, 0.05) is 12.1 Å². The molecule has 33 heavy (non-hydrogen) atoms. The molecule has 9 nitrogen and oxygen atoms in total. The minimum atomic E-state index is -1.66. The number of nitrogens with one attached hydrogen (secondary N) is 4. The fourth-order valence-electron chi connectivity index (χ4n) is 3.86.